The number of nitrogens with zero attached hydrogens (tertiary/aromatic N) is 3. The van der Waals surface area contributed by atoms with Crippen LogP contribution in [0.15, 0.2) is 46.9 Å². The minimum absolute atomic E-state index is 0.0646. The average Bonchev–Trinajstić information content (AvgIpc) is 3.50. The number of aromatic nitrogens is 3. The van der Waals surface area contributed by atoms with Crippen LogP contribution in [-0.4, -0.2) is 53.2 Å². The van der Waals surface area contributed by atoms with E-state index < -0.39 is 15.3 Å². The number of hydrogen-bond donors (Lipinski definition) is 1. The smallest absolute Gasteiger partial charge is 0.229 e. The summed E-state index contributed by atoms with van der Waals surface area (Å²) in [7, 11) is -3.36. The van der Waals surface area contributed by atoms with Crippen LogP contribution in [0.3, 0.4) is 0 Å². The van der Waals surface area contributed by atoms with Crippen LogP contribution in [0.2, 0.25) is 0 Å². The van der Waals surface area contributed by atoms with Crippen molar-refractivity contribution in [2.45, 2.75) is 42.8 Å². The van der Waals surface area contributed by atoms with Crippen molar-refractivity contribution in [1.29, 1.82) is 0 Å². The van der Waals surface area contributed by atoms with Gasteiger partial charge in [0.1, 0.15) is 0 Å². The molecule has 11 heteroatoms. The number of carbonyl (C=O) groups excluding carboxylic acids is 1. The molecule has 3 aromatic rings. The Morgan fingerprint density at radius 2 is 2.09 bits per heavy atom. The van der Waals surface area contributed by atoms with Gasteiger partial charge in [0.05, 0.1) is 29.0 Å². The summed E-state index contributed by atoms with van der Waals surface area (Å²) >= 11 is 2.97. The van der Waals surface area contributed by atoms with Crippen molar-refractivity contribution in [3.05, 3.63) is 47.3 Å². The summed E-state index contributed by atoms with van der Waals surface area (Å²) in [6.07, 6.45) is 3.24. The van der Waals surface area contributed by atoms with Crippen LogP contribution in [0.25, 0.3) is 10.7 Å². The summed E-state index contributed by atoms with van der Waals surface area (Å²) in [5.74, 6) is 0.721. The number of thioether (sulfide) groups is 1. The van der Waals surface area contributed by atoms with E-state index in [-0.39, 0.29) is 11.9 Å². The van der Waals surface area contributed by atoms with Crippen molar-refractivity contribution in [3.8, 4) is 10.7 Å². The van der Waals surface area contributed by atoms with Crippen molar-refractivity contribution < 1.29 is 17.9 Å². The molecule has 170 valence electrons. The third kappa shape index (κ3) is 5.58. The quantitative estimate of drug-likeness (QED) is 0.357. The molecule has 0 aliphatic carbocycles. The van der Waals surface area contributed by atoms with Gasteiger partial charge in [-0.3, -0.25) is 14.1 Å². The molecule has 1 aromatic carbocycles. The van der Waals surface area contributed by atoms with E-state index in [4.69, 9.17) is 4.74 Å². The molecular weight excluding hydrogens is 468 g/mol. The lowest BCUT2D eigenvalue weighted by Crippen LogP contribution is -2.19. The number of benzene rings is 1. The number of hydrogen-bond acceptors (Lipinski definition) is 8. The Labute approximate surface area is 195 Å². The van der Waals surface area contributed by atoms with Crippen LogP contribution < -0.4 is 4.72 Å². The summed E-state index contributed by atoms with van der Waals surface area (Å²) in [6.45, 7) is 3.25. The molecule has 1 fully saturated rings. The number of rotatable bonds is 9. The van der Waals surface area contributed by atoms with E-state index in [0.717, 1.165) is 36.4 Å². The second kappa shape index (κ2) is 9.74. The predicted molar refractivity (Wildman–Crippen MR) is 127 cm³/mol. The lowest BCUT2D eigenvalue weighted by molar-refractivity contribution is 0.0953. The number of anilines is 1. The molecule has 4 rings (SSSR count). The van der Waals surface area contributed by atoms with Gasteiger partial charge < -0.3 is 4.74 Å². The van der Waals surface area contributed by atoms with Gasteiger partial charge in [0.25, 0.3) is 0 Å². The highest BCUT2D eigenvalue weighted by Crippen LogP contribution is 2.31. The highest BCUT2D eigenvalue weighted by molar-refractivity contribution is 8.00. The van der Waals surface area contributed by atoms with Gasteiger partial charge in [-0.2, -0.15) is 0 Å². The number of ether oxygens (including phenoxy) is 1. The van der Waals surface area contributed by atoms with E-state index in [0.29, 0.717) is 23.0 Å². The lowest BCUT2D eigenvalue weighted by atomic mass is 10.1. The standard InChI is InChI=1S/C21H24N4O4S3/c1-14(19(26)15-7-9-16(10-8-15)24-32(2,27)28)31-21-23-22-20(18-6-4-12-30-18)25(21)13-17-5-3-11-29-17/h4,6-10,12,14,17,24H,3,5,11,13H2,1-2H3/t14-,17-/m1/s1. The highest BCUT2D eigenvalue weighted by atomic mass is 32.2. The number of thiophene rings is 1. The first-order valence-electron chi connectivity index (χ1n) is 10.2. The topological polar surface area (TPSA) is 103 Å². The zero-order chi connectivity index (χ0) is 22.7. The molecule has 1 N–H and O–H groups in total. The van der Waals surface area contributed by atoms with Crippen molar-refractivity contribution in [3.63, 3.8) is 0 Å². The molecule has 0 saturated carbocycles. The molecule has 32 heavy (non-hydrogen) atoms. The molecule has 3 heterocycles. The molecule has 0 spiro atoms. The van der Waals surface area contributed by atoms with Gasteiger partial charge in [-0.25, -0.2) is 8.42 Å². The molecule has 0 bridgehead atoms. The zero-order valence-corrected chi connectivity index (χ0v) is 20.2. The van der Waals surface area contributed by atoms with E-state index in [9.17, 15) is 13.2 Å². The Morgan fingerprint density at radius 3 is 2.72 bits per heavy atom. The van der Waals surface area contributed by atoms with Crippen LogP contribution >= 0.6 is 23.1 Å². The maximum absolute atomic E-state index is 13.0. The highest BCUT2D eigenvalue weighted by Gasteiger charge is 2.25. The second-order valence-corrected chi connectivity index (χ2v) is 11.6. The fourth-order valence-corrected chi connectivity index (χ4v) is 5.70. The zero-order valence-electron chi connectivity index (χ0n) is 17.7. The minimum Gasteiger partial charge on any atom is -0.376 e. The average molecular weight is 493 g/mol. The van der Waals surface area contributed by atoms with Gasteiger partial charge in [0.2, 0.25) is 10.0 Å². The summed E-state index contributed by atoms with van der Waals surface area (Å²) in [5, 5.41) is 11.1. The van der Waals surface area contributed by atoms with E-state index in [1.54, 1.807) is 35.6 Å². The van der Waals surface area contributed by atoms with Gasteiger partial charge in [-0.15, -0.1) is 21.5 Å². The first-order valence-corrected chi connectivity index (χ1v) is 13.8. The monoisotopic (exact) mass is 492 g/mol. The molecule has 2 atom stereocenters. The predicted octanol–water partition coefficient (Wildman–Crippen LogP) is 3.92. The Morgan fingerprint density at radius 1 is 1.31 bits per heavy atom. The molecule has 0 radical (unpaired) electrons. The van der Waals surface area contributed by atoms with Crippen LogP contribution in [0.1, 0.15) is 30.1 Å². The lowest BCUT2D eigenvalue weighted by Gasteiger charge is -2.16. The number of sulfonamides is 1. The third-order valence-electron chi connectivity index (χ3n) is 4.99. The van der Waals surface area contributed by atoms with E-state index in [1.165, 1.54) is 11.8 Å². The van der Waals surface area contributed by atoms with Crippen LogP contribution in [0.5, 0.6) is 0 Å². The van der Waals surface area contributed by atoms with E-state index in [2.05, 4.69) is 19.5 Å². The van der Waals surface area contributed by atoms with Crippen molar-refractivity contribution in [2.75, 3.05) is 17.6 Å². The third-order valence-corrected chi connectivity index (χ3v) is 7.55. The maximum atomic E-state index is 13.0. The SMILES string of the molecule is C[C@@H](Sc1nnc(-c2cccs2)n1C[C@H]1CCCO1)C(=O)c1ccc(NS(C)(=O)=O)cc1. The number of carbonyl (C=O) groups is 1. The van der Waals surface area contributed by atoms with Crippen LogP contribution in [0.4, 0.5) is 5.69 Å². The number of nitrogens with one attached hydrogen (secondary N) is 1. The van der Waals surface area contributed by atoms with Gasteiger partial charge in [0.15, 0.2) is 16.8 Å². The Kier molecular flexibility index (Phi) is 6.99. The normalized spacial score (nSPS) is 17.4. The van der Waals surface area contributed by atoms with E-state index >= 15 is 0 Å². The van der Waals surface area contributed by atoms with Crippen molar-refractivity contribution >= 4 is 44.6 Å². The fraction of sp³-hybridized carbons (Fsp3) is 0.381. The maximum Gasteiger partial charge on any atom is 0.229 e. The van der Waals surface area contributed by atoms with E-state index in [1.807, 2.05) is 24.4 Å². The van der Waals surface area contributed by atoms with Gasteiger partial charge in [-0.05, 0) is 55.5 Å². The molecule has 0 amide bonds. The molecule has 0 unspecified atom stereocenters. The number of ketones is 1. The molecular formula is C21H24N4O4S3. The minimum atomic E-state index is -3.36. The van der Waals surface area contributed by atoms with Gasteiger partial charge >= 0.3 is 0 Å². The van der Waals surface area contributed by atoms with Crippen molar-refractivity contribution in [2.24, 2.45) is 0 Å². The Balaban J connectivity index is 1.52. The summed E-state index contributed by atoms with van der Waals surface area (Å²) in [5.41, 5.74) is 0.925. The fourth-order valence-electron chi connectivity index (χ4n) is 3.48. The van der Waals surface area contributed by atoms with Crippen molar-refractivity contribution in [1.82, 2.24) is 14.8 Å². The first kappa shape index (κ1) is 23.0. The Bertz CT molecular complexity index is 1170. The first-order chi connectivity index (χ1) is 15.3. The molecule has 1 aliphatic heterocycles. The largest absolute Gasteiger partial charge is 0.376 e. The summed E-state index contributed by atoms with van der Waals surface area (Å²) in [4.78, 5) is 14.0. The van der Waals surface area contributed by atoms with Crippen LogP contribution in [-0.2, 0) is 21.3 Å². The van der Waals surface area contributed by atoms with Gasteiger partial charge in [0, 0.05) is 17.9 Å². The molecule has 1 aliphatic rings. The Hall–Kier alpha value is -2.21. The summed E-state index contributed by atoms with van der Waals surface area (Å²) in [6, 6.07) is 10.4. The number of Topliss-reactive ketones (excluding diaryl/α,β-unsaturated/α-hetero) is 1. The summed E-state index contributed by atoms with van der Waals surface area (Å²) < 4.78 is 33.0. The molecule has 1 saturated heterocycles. The molecule has 8 nitrogen and oxygen atoms in total. The molecule has 2 aromatic heterocycles. The van der Waals surface area contributed by atoms with Gasteiger partial charge in [-0.1, -0.05) is 17.8 Å². The van der Waals surface area contributed by atoms with Crippen LogP contribution in [0, 0.1) is 0 Å². The second-order valence-electron chi connectivity index (χ2n) is 7.61.